The van der Waals surface area contributed by atoms with Crippen molar-refractivity contribution in [3.63, 3.8) is 0 Å². The lowest BCUT2D eigenvalue weighted by atomic mass is 10.2. The molecule has 66 valence electrons. The molecule has 12 heavy (non-hydrogen) atoms. The van der Waals surface area contributed by atoms with Gasteiger partial charge in [-0.2, -0.15) is 0 Å². The number of aryl methyl sites for hydroxylation is 1. The molecule has 0 aliphatic carbocycles. The van der Waals surface area contributed by atoms with Gasteiger partial charge >= 0.3 is 0 Å². The molecule has 1 heteroatoms. The zero-order chi connectivity index (χ0) is 8.97. The molecule has 0 spiro atoms. The fourth-order valence-corrected chi connectivity index (χ4v) is 1.83. The van der Waals surface area contributed by atoms with Crippen LogP contribution >= 0.6 is 11.3 Å². The number of hydrogen-bond donors (Lipinski definition) is 0. The van der Waals surface area contributed by atoms with Gasteiger partial charge in [-0.3, -0.25) is 0 Å². The van der Waals surface area contributed by atoms with Gasteiger partial charge in [-0.25, -0.2) is 0 Å². The molecule has 0 aromatic carbocycles. The second kappa shape index (κ2) is 4.46. The third kappa shape index (κ3) is 2.82. The summed E-state index contributed by atoms with van der Waals surface area (Å²) in [6.07, 6.45) is 5.61. The molecule has 0 amide bonds. The van der Waals surface area contributed by atoms with E-state index in [2.05, 4.69) is 45.1 Å². The number of rotatable bonds is 3. The monoisotopic (exact) mass is 180 g/mol. The van der Waals surface area contributed by atoms with E-state index in [4.69, 9.17) is 0 Å². The topological polar surface area (TPSA) is 0 Å². The first-order chi connectivity index (χ1) is 5.72. The molecule has 0 aliphatic heterocycles. The molecule has 1 aromatic rings. The van der Waals surface area contributed by atoms with Crippen LogP contribution in [-0.2, 0) is 6.42 Å². The van der Waals surface area contributed by atoms with Crippen molar-refractivity contribution >= 4 is 17.4 Å². The van der Waals surface area contributed by atoms with Crippen molar-refractivity contribution in [1.82, 2.24) is 0 Å². The lowest BCUT2D eigenvalue weighted by Crippen LogP contribution is -1.74. The molecule has 1 rings (SSSR count). The van der Waals surface area contributed by atoms with Crippen LogP contribution in [-0.4, -0.2) is 0 Å². The van der Waals surface area contributed by atoms with Crippen molar-refractivity contribution in [3.8, 4) is 0 Å². The van der Waals surface area contributed by atoms with Gasteiger partial charge < -0.3 is 0 Å². The maximum atomic E-state index is 2.24. The van der Waals surface area contributed by atoms with Crippen LogP contribution in [0.2, 0.25) is 0 Å². The molecule has 0 saturated heterocycles. The van der Waals surface area contributed by atoms with Crippen LogP contribution in [0.1, 0.15) is 30.5 Å². The van der Waals surface area contributed by atoms with E-state index in [0.717, 1.165) is 6.42 Å². The zero-order valence-electron chi connectivity index (χ0n) is 8.00. The molecule has 0 aliphatic rings. The molecule has 0 radical (unpaired) electrons. The fourth-order valence-electron chi connectivity index (χ4n) is 0.961. The van der Waals surface area contributed by atoms with E-state index in [9.17, 15) is 0 Å². The van der Waals surface area contributed by atoms with E-state index >= 15 is 0 Å². The summed E-state index contributed by atoms with van der Waals surface area (Å²) in [5, 5.41) is 0. The average molecular weight is 180 g/mol. The van der Waals surface area contributed by atoms with E-state index < -0.39 is 0 Å². The van der Waals surface area contributed by atoms with Crippen molar-refractivity contribution in [3.05, 3.63) is 28.0 Å². The van der Waals surface area contributed by atoms with Crippen LogP contribution in [0.5, 0.6) is 0 Å². The Balaban J connectivity index is 2.63. The van der Waals surface area contributed by atoms with Crippen molar-refractivity contribution in [2.45, 2.75) is 27.2 Å². The van der Waals surface area contributed by atoms with Gasteiger partial charge in [0.05, 0.1) is 0 Å². The van der Waals surface area contributed by atoms with Crippen LogP contribution in [0.3, 0.4) is 0 Å². The van der Waals surface area contributed by atoms with Gasteiger partial charge in [-0.1, -0.05) is 26.8 Å². The quantitative estimate of drug-likeness (QED) is 0.660. The summed E-state index contributed by atoms with van der Waals surface area (Å²) in [6.45, 7) is 6.59. The minimum atomic E-state index is 0.650. The lowest BCUT2D eigenvalue weighted by Gasteiger charge is -1.91. The number of allylic oxidation sites excluding steroid dienone is 1. The fraction of sp³-hybridized carbons (Fsp3) is 0.455. The Hall–Kier alpha value is -0.560. The Morgan fingerprint density at radius 1 is 1.42 bits per heavy atom. The molecule has 1 heterocycles. The Kier molecular flexibility index (Phi) is 3.54. The molecule has 0 saturated carbocycles. The predicted octanol–water partition coefficient (Wildman–Crippen LogP) is 3.98. The minimum absolute atomic E-state index is 0.650. The molecule has 0 atom stereocenters. The number of thiophene rings is 1. The average Bonchev–Trinajstić information content (AvgIpc) is 2.48. The summed E-state index contributed by atoms with van der Waals surface area (Å²) in [6, 6.07) is 4.41. The Bertz CT molecular complexity index is 256. The van der Waals surface area contributed by atoms with Crippen LogP contribution in [0.4, 0.5) is 0 Å². The van der Waals surface area contributed by atoms with Crippen LogP contribution in [0.25, 0.3) is 6.08 Å². The Morgan fingerprint density at radius 2 is 2.17 bits per heavy atom. The van der Waals surface area contributed by atoms with Gasteiger partial charge in [0.1, 0.15) is 0 Å². The van der Waals surface area contributed by atoms with Gasteiger partial charge in [0.15, 0.2) is 0 Å². The molecule has 0 unspecified atom stereocenters. The highest BCUT2D eigenvalue weighted by Gasteiger charge is 1.93. The van der Waals surface area contributed by atoms with Crippen molar-refractivity contribution in [1.29, 1.82) is 0 Å². The van der Waals surface area contributed by atoms with Crippen molar-refractivity contribution < 1.29 is 0 Å². The van der Waals surface area contributed by atoms with Gasteiger partial charge in [-0.05, 0) is 30.5 Å². The van der Waals surface area contributed by atoms with E-state index in [1.54, 1.807) is 0 Å². The van der Waals surface area contributed by atoms with Gasteiger partial charge in [0, 0.05) is 9.75 Å². The normalized spacial score (nSPS) is 11.7. The van der Waals surface area contributed by atoms with E-state index in [1.807, 2.05) is 11.3 Å². The standard InChI is InChI=1S/C11H16S/c1-4-10-7-8-11(12-10)6-5-9(2)3/h5-9H,4H2,1-3H3/b6-5+. The Morgan fingerprint density at radius 3 is 2.67 bits per heavy atom. The summed E-state index contributed by atoms with van der Waals surface area (Å²) in [5.74, 6) is 0.650. The highest BCUT2D eigenvalue weighted by Crippen LogP contribution is 2.18. The molecule has 1 aromatic heterocycles. The highest BCUT2D eigenvalue weighted by molar-refractivity contribution is 7.12. The molecular formula is C11H16S. The first-order valence-electron chi connectivity index (χ1n) is 4.49. The SMILES string of the molecule is CCc1ccc(/C=C/C(C)C)s1. The molecule has 0 nitrogen and oxygen atoms in total. The summed E-state index contributed by atoms with van der Waals surface area (Å²) in [4.78, 5) is 2.85. The van der Waals surface area contributed by atoms with Gasteiger partial charge in [0.25, 0.3) is 0 Å². The Labute approximate surface area is 78.9 Å². The van der Waals surface area contributed by atoms with E-state index in [-0.39, 0.29) is 0 Å². The first kappa shape index (κ1) is 9.53. The largest absolute Gasteiger partial charge is 0.141 e. The predicted molar refractivity (Wildman–Crippen MR) is 57.6 cm³/mol. The minimum Gasteiger partial charge on any atom is -0.141 e. The third-order valence-electron chi connectivity index (χ3n) is 1.68. The van der Waals surface area contributed by atoms with Crippen LogP contribution in [0.15, 0.2) is 18.2 Å². The summed E-state index contributed by atoms with van der Waals surface area (Å²) in [7, 11) is 0. The molecular weight excluding hydrogens is 164 g/mol. The molecule has 0 bridgehead atoms. The van der Waals surface area contributed by atoms with Crippen LogP contribution in [0, 0.1) is 5.92 Å². The lowest BCUT2D eigenvalue weighted by molar-refractivity contribution is 0.836. The van der Waals surface area contributed by atoms with E-state index in [1.165, 1.54) is 9.75 Å². The maximum Gasteiger partial charge on any atom is 0.0270 e. The highest BCUT2D eigenvalue weighted by atomic mass is 32.1. The maximum absolute atomic E-state index is 2.24. The smallest absolute Gasteiger partial charge is 0.0270 e. The summed E-state index contributed by atoms with van der Waals surface area (Å²) in [5.41, 5.74) is 0. The molecule has 0 fully saturated rings. The first-order valence-corrected chi connectivity index (χ1v) is 5.31. The summed E-state index contributed by atoms with van der Waals surface area (Å²) < 4.78 is 0. The zero-order valence-corrected chi connectivity index (χ0v) is 8.82. The number of hydrogen-bond acceptors (Lipinski definition) is 1. The second-order valence-corrected chi connectivity index (χ2v) is 4.46. The van der Waals surface area contributed by atoms with Gasteiger partial charge in [0.2, 0.25) is 0 Å². The van der Waals surface area contributed by atoms with Crippen molar-refractivity contribution in [2.24, 2.45) is 5.92 Å². The van der Waals surface area contributed by atoms with Crippen LogP contribution < -0.4 is 0 Å². The third-order valence-corrected chi connectivity index (χ3v) is 2.87. The van der Waals surface area contributed by atoms with Gasteiger partial charge in [-0.15, -0.1) is 11.3 Å². The second-order valence-electron chi connectivity index (χ2n) is 3.26. The van der Waals surface area contributed by atoms with E-state index in [0.29, 0.717) is 5.92 Å². The van der Waals surface area contributed by atoms with Crippen molar-refractivity contribution in [2.75, 3.05) is 0 Å². The molecule has 0 N–H and O–H groups in total. The summed E-state index contributed by atoms with van der Waals surface area (Å²) >= 11 is 1.89.